The Hall–Kier alpha value is -2.58. The van der Waals surface area contributed by atoms with E-state index in [0.717, 1.165) is 5.56 Å². The van der Waals surface area contributed by atoms with Gasteiger partial charge in [0.2, 0.25) is 0 Å². The molecule has 0 spiro atoms. The second-order valence-electron chi connectivity index (χ2n) is 5.68. The van der Waals surface area contributed by atoms with Gasteiger partial charge < -0.3 is 20.4 Å². The van der Waals surface area contributed by atoms with E-state index in [1.165, 1.54) is 18.4 Å². The summed E-state index contributed by atoms with van der Waals surface area (Å²) in [6.45, 7) is 0.642. The van der Waals surface area contributed by atoms with Gasteiger partial charge in [0.25, 0.3) is 11.8 Å². The Morgan fingerprint density at radius 2 is 1.63 bits per heavy atom. The van der Waals surface area contributed by atoms with Gasteiger partial charge in [0.1, 0.15) is 7.11 Å². The Labute approximate surface area is 166 Å². The average molecular weight is 409 g/mol. The molecule has 1 aromatic carbocycles. The van der Waals surface area contributed by atoms with Crippen LogP contribution >= 0.6 is 22.9 Å². The Kier molecular flexibility index (Phi) is 7.63. The first-order valence-corrected chi connectivity index (χ1v) is 9.32. The van der Waals surface area contributed by atoms with Crippen molar-refractivity contribution < 1.29 is 14.4 Å². The predicted molar refractivity (Wildman–Crippen MR) is 108 cm³/mol. The van der Waals surface area contributed by atoms with E-state index in [9.17, 15) is 9.59 Å². The van der Waals surface area contributed by atoms with Crippen LogP contribution in [-0.2, 0) is 4.84 Å². The highest BCUT2D eigenvalue weighted by Gasteiger charge is 2.11. The zero-order valence-corrected chi connectivity index (χ0v) is 16.9. The molecule has 7 nitrogen and oxygen atoms in total. The van der Waals surface area contributed by atoms with Crippen LogP contribution in [0.3, 0.4) is 0 Å². The highest BCUT2D eigenvalue weighted by atomic mass is 35.5. The molecular weight excluding hydrogens is 388 g/mol. The first-order valence-electron chi connectivity index (χ1n) is 8.13. The highest BCUT2D eigenvalue weighted by Crippen LogP contribution is 2.20. The summed E-state index contributed by atoms with van der Waals surface area (Å²) in [6.07, 6.45) is 0. The predicted octanol–water partition coefficient (Wildman–Crippen LogP) is 2.43. The fourth-order valence-electron chi connectivity index (χ4n) is 2.23. The number of oxime groups is 1. The van der Waals surface area contributed by atoms with Crippen molar-refractivity contribution in [3.8, 4) is 0 Å². The number of benzene rings is 1. The van der Waals surface area contributed by atoms with E-state index >= 15 is 0 Å². The van der Waals surface area contributed by atoms with Gasteiger partial charge in [-0.2, -0.15) is 0 Å². The largest absolute Gasteiger partial charge is 0.397 e. The minimum atomic E-state index is -0.218. The van der Waals surface area contributed by atoms with Gasteiger partial charge in [-0.25, -0.2) is 0 Å². The maximum absolute atomic E-state index is 12.2. The highest BCUT2D eigenvalue weighted by molar-refractivity contribution is 7.17. The van der Waals surface area contributed by atoms with Crippen LogP contribution in [-0.4, -0.2) is 56.8 Å². The Bertz CT molecular complexity index is 818. The van der Waals surface area contributed by atoms with Gasteiger partial charge in [-0.05, 0) is 24.3 Å². The summed E-state index contributed by atoms with van der Waals surface area (Å²) in [4.78, 5) is 31.3. The standard InChI is InChI=1S/C18H21ClN4O3S/c1-23(2)16(22-26-3)12-4-6-13(7-5-12)17(24)20-10-11-21-18(25)14-8-9-15(19)27-14/h4-9H,10-11H2,1-3H3,(H,20,24)(H,21,25). The number of amidine groups is 1. The van der Waals surface area contributed by atoms with Gasteiger partial charge in [0, 0.05) is 38.3 Å². The van der Waals surface area contributed by atoms with Crippen LogP contribution in [0.5, 0.6) is 0 Å². The SMILES string of the molecule is CON=C(c1ccc(C(=O)NCCNC(=O)c2ccc(Cl)s2)cc1)N(C)C. The summed E-state index contributed by atoms with van der Waals surface area (Å²) in [5.74, 6) is 0.227. The van der Waals surface area contributed by atoms with E-state index in [-0.39, 0.29) is 11.8 Å². The second kappa shape index (κ2) is 9.94. The molecule has 0 saturated heterocycles. The zero-order chi connectivity index (χ0) is 19.8. The van der Waals surface area contributed by atoms with E-state index in [4.69, 9.17) is 16.4 Å². The van der Waals surface area contributed by atoms with Crippen LogP contribution in [0.2, 0.25) is 4.34 Å². The summed E-state index contributed by atoms with van der Waals surface area (Å²) in [7, 11) is 5.20. The van der Waals surface area contributed by atoms with Gasteiger partial charge in [-0.3, -0.25) is 9.59 Å². The Balaban J connectivity index is 1.84. The first kappa shape index (κ1) is 20.7. The first-order chi connectivity index (χ1) is 12.9. The third-order valence-electron chi connectivity index (χ3n) is 3.50. The molecule has 27 heavy (non-hydrogen) atoms. The van der Waals surface area contributed by atoms with Crippen molar-refractivity contribution in [2.45, 2.75) is 0 Å². The molecule has 0 bridgehead atoms. The van der Waals surface area contributed by atoms with Crippen LogP contribution in [0, 0.1) is 0 Å². The molecular formula is C18H21ClN4O3S. The lowest BCUT2D eigenvalue weighted by molar-refractivity contribution is 0.0929. The number of hydrogen-bond donors (Lipinski definition) is 2. The molecule has 2 N–H and O–H groups in total. The summed E-state index contributed by atoms with van der Waals surface area (Å²) in [5.41, 5.74) is 1.35. The van der Waals surface area contributed by atoms with Gasteiger partial charge in [0.15, 0.2) is 5.84 Å². The summed E-state index contributed by atoms with van der Waals surface area (Å²) < 4.78 is 0.560. The fourth-order valence-corrected chi connectivity index (χ4v) is 3.19. The summed E-state index contributed by atoms with van der Waals surface area (Å²) >= 11 is 7.02. The normalized spacial score (nSPS) is 11.0. The number of nitrogens with zero attached hydrogens (tertiary/aromatic N) is 2. The molecule has 0 unspecified atom stereocenters. The lowest BCUT2D eigenvalue weighted by Gasteiger charge is -2.15. The molecule has 1 heterocycles. The van der Waals surface area contributed by atoms with E-state index < -0.39 is 0 Å². The van der Waals surface area contributed by atoms with Crippen molar-refractivity contribution >= 4 is 40.6 Å². The van der Waals surface area contributed by atoms with Crippen LogP contribution in [0.25, 0.3) is 0 Å². The van der Waals surface area contributed by atoms with Crippen molar-refractivity contribution in [2.24, 2.45) is 5.16 Å². The number of thiophene rings is 1. The van der Waals surface area contributed by atoms with Crippen LogP contribution in [0.1, 0.15) is 25.6 Å². The lowest BCUT2D eigenvalue weighted by atomic mass is 10.1. The molecule has 0 aliphatic heterocycles. The molecule has 0 aliphatic carbocycles. The monoisotopic (exact) mass is 408 g/mol. The lowest BCUT2D eigenvalue weighted by Crippen LogP contribution is -2.34. The van der Waals surface area contributed by atoms with Gasteiger partial charge in [0.05, 0.1) is 9.21 Å². The van der Waals surface area contributed by atoms with E-state index in [2.05, 4.69) is 15.8 Å². The fraction of sp³-hybridized carbons (Fsp3) is 0.278. The second-order valence-corrected chi connectivity index (χ2v) is 7.40. The third kappa shape index (κ3) is 5.97. The molecule has 0 saturated carbocycles. The number of rotatable bonds is 7. The van der Waals surface area contributed by atoms with Crippen molar-refractivity contribution in [1.82, 2.24) is 15.5 Å². The molecule has 144 valence electrons. The summed E-state index contributed by atoms with van der Waals surface area (Å²) in [6, 6.07) is 10.4. The number of nitrogens with one attached hydrogen (secondary N) is 2. The molecule has 2 amide bonds. The average Bonchev–Trinajstić information content (AvgIpc) is 3.09. The van der Waals surface area contributed by atoms with Crippen LogP contribution < -0.4 is 10.6 Å². The maximum Gasteiger partial charge on any atom is 0.261 e. The van der Waals surface area contributed by atoms with Crippen LogP contribution in [0.4, 0.5) is 0 Å². The molecule has 0 radical (unpaired) electrons. The number of halogens is 1. The molecule has 0 fully saturated rings. The van der Waals surface area contributed by atoms with Crippen LogP contribution in [0.15, 0.2) is 41.6 Å². The Morgan fingerprint density at radius 1 is 1.04 bits per heavy atom. The molecule has 0 aliphatic rings. The van der Waals surface area contributed by atoms with E-state index in [1.807, 2.05) is 19.0 Å². The van der Waals surface area contributed by atoms with Crippen molar-refractivity contribution in [3.05, 3.63) is 56.7 Å². The maximum atomic E-state index is 12.2. The van der Waals surface area contributed by atoms with E-state index in [1.54, 1.807) is 36.4 Å². The minimum Gasteiger partial charge on any atom is -0.397 e. The molecule has 2 rings (SSSR count). The smallest absolute Gasteiger partial charge is 0.261 e. The van der Waals surface area contributed by atoms with Crippen molar-refractivity contribution in [3.63, 3.8) is 0 Å². The number of amides is 2. The van der Waals surface area contributed by atoms with Gasteiger partial charge >= 0.3 is 0 Å². The molecule has 9 heteroatoms. The molecule has 0 atom stereocenters. The minimum absolute atomic E-state index is 0.209. The van der Waals surface area contributed by atoms with Crippen molar-refractivity contribution in [2.75, 3.05) is 34.3 Å². The summed E-state index contributed by atoms with van der Waals surface area (Å²) in [5, 5.41) is 9.47. The molecule has 2 aromatic rings. The number of hydrogen-bond acceptors (Lipinski definition) is 5. The third-order valence-corrected chi connectivity index (χ3v) is 4.73. The Morgan fingerprint density at radius 3 is 2.15 bits per heavy atom. The van der Waals surface area contributed by atoms with Crippen molar-refractivity contribution in [1.29, 1.82) is 0 Å². The van der Waals surface area contributed by atoms with Gasteiger partial charge in [-0.15, -0.1) is 11.3 Å². The number of carbonyl (C=O) groups excluding carboxylic acids is 2. The van der Waals surface area contributed by atoms with Gasteiger partial charge in [-0.1, -0.05) is 28.9 Å². The van der Waals surface area contributed by atoms with E-state index in [0.29, 0.717) is 33.7 Å². The quantitative estimate of drug-likeness (QED) is 0.319. The molecule has 1 aromatic heterocycles. The zero-order valence-electron chi connectivity index (χ0n) is 15.3. The topological polar surface area (TPSA) is 83.0 Å². The number of carbonyl (C=O) groups is 2.